The third kappa shape index (κ3) is 4.67. The minimum absolute atomic E-state index is 0.0439. The maximum Gasteiger partial charge on any atom is 0.407 e. The van der Waals surface area contributed by atoms with Crippen LogP contribution in [0.4, 0.5) is 4.79 Å². The molecule has 0 saturated carbocycles. The van der Waals surface area contributed by atoms with E-state index in [0.717, 1.165) is 4.90 Å². The van der Waals surface area contributed by atoms with Crippen molar-refractivity contribution in [3.05, 3.63) is 30.3 Å². The molecule has 1 N–H and O–H groups in total. The molecule has 1 heterocycles. The number of amides is 1. The molecule has 1 aromatic carbocycles. The van der Waals surface area contributed by atoms with E-state index in [9.17, 15) is 9.59 Å². The smallest absolute Gasteiger partial charge is 0.407 e. The Morgan fingerprint density at radius 3 is 2.81 bits per heavy atom. The van der Waals surface area contributed by atoms with Gasteiger partial charge in [0, 0.05) is 23.5 Å². The predicted octanol–water partition coefficient (Wildman–Crippen LogP) is 2.60. The van der Waals surface area contributed by atoms with E-state index in [2.05, 4.69) is 5.32 Å². The fraction of sp³-hybridized carbons (Fsp3) is 0.467. The number of esters is 1. The Labute approximate surface area is 128 Å². The Morgan fingerprint density at radius 1 is 1.43 bits per heavy atom. The van der Waals surface area contributed by atoms with Crippen LogP contribution in [0.1, 0.15) is 20.3 Å². The summed E-state index contributed by atoms with van der Waals surface area (Å²) in [6.07, 6.45) is -0.335. The van der Waals surface area contributed by atoms with Crippen LogP contribution in [-0.4, -0.2) is 36.1 Å². The lowest BCUT2D eigenvalue weighted by Crippen LogP contribution is -2.48. The van der Waals surface area contributed by atoms with Crippen molar-refractivity contribution in [2.75, 3.05) is 6.61 Å². The zero-order valence-corrected chi connectivity index (χ0v) is 12.9. The zero-order chi connectivity index (χ0) is 15.2. The quantitative estimate of drug-likeness (QED) is 0.684. The average molecular weight is 309 g/mol. The molecule has 1 saturated heterocycles. The highest BCUT2D eigenvalue weighted by Gasteiger charge is 2.34. The molecule has 1 amide bonds. The van der Waals surface area contributed by atoms with Gasteiger partial charge in [0.15, 0.2) is 0 Å². The summed E-state index contributed by atoms with van der Waals surface area (Å²) in [5, 5.41) is 2.84. The summed E-state index contributed by atoms with van der Waals surface area (Å²) in [7, 11) is 0. The maximum atomic E-state index is 11.6. The molecule has 0 radical (unpaired) electrons. The second-order valence-electron chi connectivity index (χ2n) is 4.88. The van der Waals surface area contributed by atoms with Crippen LogP contribution >= 0.6 is 11.8 Å². The number of hydrogen-bond donors (Lipinski definition) is 1. The fourth-order valence-electron chi connectivity index (χ4n) is 2.27. The third-order valence-electron chi connectivity index (χ3n) is 3.21. The molecule has 0 bridgehead atoms. The molecule has 6 heteroatoms. The van der Waals surface area contributed by atoms with Crippen molar-refractivity contribution in [3.8, 4) is 0 Å². The van der Waals surface area contributed by atoms with Crippen molar-refractivity contribution in [2.45, 2.75) is 42.6 Å². The molecule has 1 aliphatic heterocycles. The molecule has 0 aliphatic carbocycles. The SMILES string of the molecule is CC(=O)O[C@@H]1CCOC(=O)NC1C(C)Sc1ccccc1. The van der Waals surface area contributed by atoms with Crippen LogP contribution in [0.2, 0.25) is 0 Å². The van der Waals surface area contributed by atoms with Gasteiger partial charge >= 0.3 is 12.1 Å². The number of carbonyl (C=O) groups is 2. The molecule has 114 valence electrons. The largest absolute Gasteiger partial charge is 0.460 e. The molecular formula is C15H19NO4S. The number of hydrogen-bond acceptors (Lipinski definition) is 5. The highest BCUT2D eigenvalue weighted by Crippen LogP contribution is 2.28. The standard InChI is InChI=1S/C15H19NO4S/c1-10(21-12-6-4-3-5-7-12)14-13(20-11(2)17)8-9-19-15(18)16-14/h3-7,10,13-14H,8-9H2,1-2H3,(H,16,18)/t10?,13-,14?/m1/s1. The van der Waals surface area contributed by atoms with E-state index in [1.165, 1.54) is 6.92 Å². The van der Waals surface area contributed by atoms with Crippen LogP contribution < -0.4 is 5.32 Å². The van der Waals surface area contributed by atoms with Gasteiger partial charge in [0.05, 0.1) is 12.6 Å². The van der Waals surface area contributed by atoms with E-state index in [4.69, 9.17) is 9.47 Å². The predicted molar refractivity (Wildman–Crippen MR) is 80.2 cm³/mol. The van der Waals surface area contributed by atoms with Gasteiger partial charge in [0.1, 0.15) is 6.10 Å². The summed E-state index contributed by atoms with van der Waals surface area (Å²) in [6.45, 7) is 3.63. The minimum Gasteiger partial charge on any atom is -0.460 e. The van der Waals surface area contributed by atoms with Crippen molar-refractivity contribution in [2.24, 2.45) is 0 Å². The summed E-state index contributed by atoms with van der Waals surface area (Å²) in [5.74, 6) is -0.349. The molecule has 1 aliphatic rings. The number of alkyl carbamates (subject to hydrolysis) is 1. The number of cyclic esters (lactones) is 1. The van der Waals surface area contributed by atoms with Crippen LogP contribution in [0.25, 0.3) is 0 Å². The fourth-order valence-corrected chi connectivity index (χ4v) is 3.40. The van der Waals surface area contributed by atoms with Crippen LogP contribution in [-0.2, 0) is 14.3 Å². The summed E-state index contributed by atoms with van der Waals surface area (Å²) in [6, 6.07) is 9.63. The molecule has 1 aromatic rings. The van der Waals surface area contributed by atoms with Crippen molar-refractivity contribution in [1.82, 2.24) is 5.32 Å². The van der Waals surface area contributed by atoms with Crippen molar-refractivity contribution in [3.63, 3.8) is 0 Å². The normalized spacial score (nSPS) is 23.4. The van der Waals surface area contributed by atoms with E-state index in [0.29, 0.717) is 6.42 Å². The minimum atomic E-state index is -0.463. The molecule has 1 fully saturated rings. The van der Waals surface area contributed by atoms with Gasteiger partial charge in [0.2, 0.25) is 0 Å². The Kier molecular flexibility index (Phi) is 5.50. The second-order valence-corrected chi connectivity index (χ2v) is 6.33. The first kappa shape index (κ1) is 15.7. The van der Waals surface area contributed by atoms with Gasteiger partial charge in [-0.1, -0.05) is 25.1 Å². The number of carbonyl (C=O) groups excluding carboxylic acids is 2. The lowest BCUT2D eigenvalue weighted by Gasteiger charge is -2.28. The van der Waals surface area contributed by atoms with Crippen LogP contribution in [0.15, 0.2) is 35.2 Å². The van der Waals surface area contributed by atoms with Gasteiger partial charge in [-0.25, -0.2) is 4.79 Å². The second kappa shape index (κ2) is 7.36. The lowest BCUT2D eigenvalue weighted by atomic mass is 10.1. The molecule has 3 atom stereocenters. The van der Waals surface area contributed by atoms with Crippen molar-refractivity contribution < 1.29 is 19.1 Å². The highest BCUT2D eigenvalue weighted by molar-refractivity contribution is 8.00. The van der Waals surface area contributed by atoms with Gasteiger partial charge in [-0.2, -0.15) is 0 Å². The topological polar surface area (TPSA) is 64.6 Å². The number of rotatable bonds is 4. The highest BCUT2D eigenvalue weighted by atomic mass is 32.2. The summed E-state index contributed by atoms with van der Waals surface area (Å²) in [5.41, 5.74) is 0. The van der Waals surface area contributed by atoms with Gasteiger partial charge in [0.25, 0.3) is 0 Å². The van der Waals surface area contributed by atoms with Gasteiger partial charge in [-0.15, -0.1) is 11.8 Å². The van der Waals surface area contributed by atoms with Crippen molar-refractivity contribution in [1.29, 1.82) is 0 Å². The van der Waals surface area contributed by atoms with E-state index >= 15 is 0 Å². The molecule has 2 unspecified atom stereocenters. The average Bonchev–Trinajstić information content (AvgIpc) is 2.61. The van der Waals surface area contributed by atoms with E-state index in [1.807, 2.05) is 37.3 Å². The number of nitrogens with one attached hydrogen (secondary N) is 1. The van der Waals surface area contributed by atoms with E-state index in [-0.39, 0.29) is 30.0 Å². The van der Waals surface area contributed by atoms with E-state index < -0.39 is 6.09 Å². The summed E-state index contributed by atoms with van der Waals surface area (Å²) < 4.78 is 10.3. The molecule has 5 nitrogen and oxygen atoms in total. The zero-order valence-electron chi connectivity index (χ0n) is 12.1. The summed E-state index contributed by atoms with van der Waals surface area (Å²) >= 11 is 1.63. The Bertz CT molecular complexity index is 494. The Morgan fingerprint density at radius 2 is 2.14 bits per heavy atom. The Hall–Kier alpha value is -1.69. The van der Waals surface area contributed by atoms with E-state index in [1.54, 1.807) is 11.8 Å². The molecule has 0 spiro atoms. The van der Waals surface area contributed by atoms with Crippen LogP contribution in [0.5, 0.6) is 0 Å². The monoisotopic (exact) mass is 309 g/mol. The number of thioether (sulfide) groups is 1. The lowest BCUT2D eigenvalue weighted by molar-refractivity contribution is -0.147. The summed E-state index contributed by atoms with van der Waals surface area (Å²) in [4.78, 5) is 24.0. The van der Waals surface area contributed by atoms with Gasteiger partial charge in [-0.05, 0) is 12.1 Å². The number of benzene rings is 1. The van der Waals surface area contributed by atoms with Gasteiger partial charge in [-0.3, -0.25) is 4.79 Å². The molecule has 0 aromatic heterocycles. The first-order valence-corrected chi connectivity index (χ1v) is 7.76. The van der Waals surface area contributed by atoms with Gasteiger partial charge < -0.3 is 14.8 Å². The molecule has 2 rings (SSSR count). The molecular weight excluding hydrogens is 290 g/mol. The van der Waals surface area contributed by atoms with Crippen LogP contribution in [0.3, 0.4) is 0 Å². The first-order chi connectivity index (χ1) is 10.1. The molecule has 21 heavy (non-hydrogen) atoms. The number of ether oxygens (including phenoxy) is 2. The third-order valence-corrected chi connectivity index (χ3v) is 4.42. The Balaban J connectivity index is 2.10. The van der Waals surface area contributed by atoms with Crippen LogP contribution in [0, 0.1) is 0 Å². The first-order valence-electron chi connectivity index (χ1n) is 6.88. The van der Waals surface area contributed by atoms with Crippen molar-refractivity contribution >= 4 is 23.8 Å². The maximum absolute atomic E-state index is 11.6.